The number of hydrogen-bond donors (Lipinski definition) is 2. The van der Waals surface area contributed by atoms with E-state index in [4.69, 9.17) is 4.74 Å². The van der Waals surface area contributed by atoms with Gasteiger partial charge in [0.15, 0.2) is 5.96 Å². The van der Waals surface area contributed by atoms with E-state index in [0.29, 0.717) is 6.61 Å². The van der Waals surface area contributed by atoms with Gasteiger partial charge in [-0.05, 0) is 25.3 Å². The third kappa shape index (κ3) is 8.36. The molecule has 0 spiro atoms. The molecular formula is C13H26IN5O. The summed E-state index contributed by atoms with van der Waals surface area (Å²) in [6.07, 6.45) is 6.04. The molecule has 2 N–H and O–H groups in total. The first-order chi connectivity index (χ1) is 9.26. The van der Waals surface area contributed by atoms with Crippen molar-refractivity contribution in [2.45, 2.75) is 19.8 Å². The molecular weight excluding hydrogens is 369 g/mol. The van der Waals surface area contributed by atoms with Crippen molar-refractivity contribution in [2.75, 3.05) is 33.4 Å². The van der Waals surface area contributed by atoms with Crippen LogP contribution < -0.4 is 10.6 Å². The fourth-order valence-corrected chi connectivity index (χ4v) is 1.71. The summed E-state index contributed by atoms with van der Waals surface area (Å²) in [5, 5.41) is 10.6. The van der Waals surface area contributed by atoms with Gasteiger partial charge in [0.1, 0.15) is 0 Å². The van der Waals surface area contributed by atoms with E-state index in [9.17, 15) is 0 Å². The first-order valence-corrected chi connectivity index (χ1v) is 6.76. The van der Waals surface area contributed by atoms with Gasteiger partial charge in [-0.2, -0.15) is 5.10 Å². The predicted octanol–water partition coefficient (Wildman–Crippen LogP) is 1.17. The number of nitrogens with zero attached hydrogens (tertiary/aromatic N) is 3. The molecule has 0 aliphatic rings. The highest BCUT2D eigenvalue weighted by Gasteiger charge is 1.98. The Kier molecular flexibility index (Phi) is 11.5. The molecule has 116 valence electrons. The minimum absolute atomic E-state index is 0. The van der Waals surface area contributed by atoms with E-state index in [-0.39, 0.29) is 24.0 Å². The maximum Gasteiger partial charge on any atom is 0.191 e. The van der Waals surface area contributed by atoms with Gasteiger partial charge in [0.05, 0.1) is 12.8 Å². The van der Waals surface area contributed by atoms with E-state index < -0.39 is 0 Å². The second-order valence-electron chi connectivity index (χ2n) is 4.25. The number of guanidine groups is 1. The van der Waals surface area contributed by atoms with Gasteiger partial charge in [-0.25, -0.2) is 0 Å². The summed E-state index contributed by atoms with van der Waals surface area (Å²) in [5.41, 5.74) is 1.27. The number of aromatic nitrogens is 2. The molecule has 0 aromatic carbocycles. The van der Waals surface area contributed by atoms with Crippen molar-refractivity contribution in [3.05, 3.63) is 18.0 Å². The highest BCUT2D eigenvalue weighted by Crippen LogP contribution is 1.99. The van der Waals surface area contributed by atoms with Crippen LogP contribution in [0.25, 0.3) is 0 Å². The van der Waals surface area contributed by atoms with Gasteiger partial charge in [0.2, 0.25) is 0 Å². The Morgan fingerprint density at radius 1 is 1.40 bits per heavy atom. The van der Waals surface area contributed by atoms with Gasteiger partial charge in [-0.15, -0.1) is 24.0 Å². The van der Waals surface area contributed by atoms with Crippen molar-refractivity contribution in [3.63, 3.8) is 0 Å². The summed E-state index contributed by atoms with van der Waals surface area (Å²) in [4.78, 5) is 4.16. The van der Waals surface area contributed by atoms with Crippen LogP contribution >= 0.6 is 24.0 Å². The topological polar surface area (TPSA) is 63.5 Å². The van der Waals surface area contributed by atoms with Crippen molar-refractivity contribution in [2.24, 2.45) is 12.0 Å². The molecule has 20 heavy (non-hydrogen) atoms. The molecule has 0 bridgehead atoms. The predicted molar refractivity (Wildman–Crippen MR) is 92.8 cm³/mol. The Morgan fingerprint density at radius 3 is 2.75 bits per heavy atom. The Labute approximate surface area is 138 Å². The zero-order chi connectivity index (χ0) is 13.9. The number of ether oxygens (including phenoxy) is 1. The fraction of sp³-hybridized carbons (Fsp3) is 0.692. The number of aryl methyl sites for hydroxylation is 2. The van der Waals surface area contributed by atoms with Crippen molar-refractivity contribution < 1.29 is 4.74 Å². The third-order valence-corrected chi connectivity index (χ3v) is 2.66. The SMILES string of the molecule is CCOCCNC(=NC)NCCCc1cnn(C)c1.I. The van der Waals surface area contributed by atoms with E-state index >= 15 is 0 Å². The van der Waals surface area contributed by atoms with Crippen molar-refractivity contribution in [1.29, 1.82) is 0 Å². The Bertz CT molecular complexity index is 381. The molecule has 1 aromatic rings. The molecule has 0 saturated carbocycles. The van der Waals surface area contributed by atoms with Gasteiger partial charge in [0, 0.05) is 40.0 Å². The van der Waals surface area contributed by atoms with Gasteiger partial charge < -0.3 is 15.4 Å². The minimum Gasteiger partial charge on any atom is -0.380 e. The van der Waals surface area contributed by atoms with E-state index in [0.717, 1.165) is 38.5 Å². The summed E-state index contributed by atoms with van der Waals surface area (Å²) in [6.45, 7) is 5.11. The van der Waals surface area contributed by atoms with Gasteiger partial charge in [0.25, 0.3) is 0 Å². The molecule has 0 radical (unpaired) electrons. The highest BCUT2D eigenvalue weighted by molar-refractivity contribution is 14.0. The molecule has 1 aromatic heterocycles. The molecule has 0 aliphatic heterocycles. The summed E-state index contributed by atoms with van der Waals surface area (Å²) in [7, 11) is 3.71. The molecule has 0 atom stereocenters. The zero-order valence-electron chi connectivity index (χ0n) is 12.6. The normalized spacial score (nSPS) is 11.1. The Balaban J connectivity index is 0.00000361. The third-order valence-electron chi connectivity index (χ3n) is 2.66. The number of halogens is 1. The summed E-state index contributed by atoms with van der Waals surface area (Å²) < 4.78 is 7.09. The average Bonchev–Trinajstić information content (AvgIpc) is 2.82. The molecule has 1 heterocycles. The van der Waals surface area contributed by atoms with Crippen LogP contribution in [0.4, 0.5) is 0 Å². The van der Waals surface area contributed by atoms with Crippen LogP contribution in [0.15, 0.2) is 17.4 Å². The lowest BCUT2D eigenvalue weighted by molar-refractivity contribution is 0.152. The standard InChI is InChI=1S/C13H25N5O.HI/c1-4-19-9-8-16-13(14-2)15-7-5-6-12-10-17-18(3)11-12;/h10-11H,4-9H2,1-3H3,(H2,14,15,16);1H. The minimum atomic E-state index is 0. The van der Waals surface area contributed by atoms with Crippen molar-refractivity contribution in [3.8, 4) is 0 Å². The van der Waals surface area contributed by atoms with Crippen LogP contribution in [0, 0.1) is 0 Å². The largest absolute Gasteiger partial charge is 0.380 e. The van der Waals surface area contributed by atoms with E-state index in [1.165, 1.54) is 5.56 Å². The van der Waals surface area contributed by atoms with E-state index in [2.05, 4.69) is 26.9 Å². The van der Waals surface area contributed by atoms with E-state index in [1.807, 2.05) is 24.9 Å². The molecule has 0 aliphatic carbocycles. The van der Waals surface area contributed by atoms with Crippen LogP contribution in [-0.4, -0.2) is 49.1 Å². The van der Waals surface area contributed by atoms with Gasteiger partial charge in [-0.1, -0.05) is 0 Å². The van der Waals surface area contributed by atoms with Gasteiger partial charge >= 0.3 is 0 Å². The quantitative estimate of drug-likeness (QED) is 0.300. The summed E-state index contributed by atoms with van der Waals surface area (Å²) >= 11 is 0. The fourth-order valence-electron chi connectivity index (χ4n) is 1.71. The Morgan fingerprint density at radius 2 is 2.15 bits per heavy atom. The Hall–Kier alpha value is -0.830. The average molecular weight is 395 g/mol. The molecule has 0 saturated heterocycles. The first kappa shape index (κ1) is 19.2. The zero-order valence-corrected chi connectivity index (χ0v) is 14.9. The molecule has 6 nitrogen and oxygen atoms in total. The van der Waals surface area contributed by atoms with Gasteiger partial charge in [-0.3, -0.25) is 9.67 Å². The lowest BCUT2D eigenvalue weighted by atomic mass is 10.2. The number of aliphatic imine (C=N–C) groups is 1. The van der Waals surface area contributed by atoms with Crippen molar-refractivity contribution >= 4 is 29.9 Å². The lowest BCUT2D eigenvalue weighted by Gasteiger charge is -2.11. The molecule has 1 rings (SSSR count). The summed E-state index contributed by atoms with van der Waals surface area (Å²) in [5.74, 6) is 0.825. The van der Waals surface area contributed by atoms with Crippen LogP contribution in [0.5, 0.6) is 0 Å². The highest BCUT2D eigenvalue weighted by atomic mass is 127. The van der Waals surface area contributed by atoms with Crippen LogP contribution in [-0.2, 0) is 18.2 Å². The number of hydrogen-bond acceptors (Lipinski definition) is 3. The van der Waals surface area contributed by atoms with Crippen LogP contribution in [0.1, 0.15) is 18.9 Å². The number of nitrogens with one attached hydrogen (secondary N) is 2. The second kappa shape index (κ2) is 12.0. The maximum absolute atomic E-state index is 5.26. The maximum atomic E-state index is 5.26. The molecule has 0 unspecified atom stereocenters. The second-order valence-corrected chi connectivity index (χ2v) is 4.25. The van der Waals surface area contributed by atoms with E-state index in [1.54, 1.807) is 7.05 Å². The summed E-state index contributed by atoms with van der Waals surface area (Å²) in [6, 6.07) is 0. The van der Waals surface area contributed by atoms with Crippen LogP contribution in [0.2, 0.25) is 0 Å². The monoisotopic (exact) mass is 395 g/mol. The molecule has 0 fully saturated rings. The molecule has 7 heteroatoms. The smallest absolute Gasteiger partial charge is 0.191 e. The lowest BCUT2D eigenvalue weighted by Crippen LogP contribution is -2.39. The van der Waals surface area contributed by atoms with Crippen LogP contribution in [0.3, 0.4) is 0 Å². The first-order valence-electron chi connectivity index (χ1n) is 6.76. The van der Waals surface area contributed by atoms with Crippen molar-refractivity contribution in [1.82, 2.24) is 20.4 Å². The molecule has 0 amide bonds. The number of rotatable bonds is 8.